The van der Waals surface area contributed by atoms with Crippen LogP contribution in [-0.2, 0) is 4.74 Å². The molecule has 1 heterocycles. The molecule has 6 heteroatoms. The fourth-order valence-corrected chi connectivity index (χ4v) is 0.632. The van der Waals surface area contributed by atoms with Gasteiger partial charge in [0, 0.05) is 0 Å². The molecule has 0 radical (unpaired) electrons. The minimum Gasteiger partial charge on any atom is -0.253 e. The average Bonchev–Trinajstić information content (AvgIpc) is 1.73. The van der Waals surface area contributed by atoms with E-state index in [0.717, 1.165) is 0 Å². The van der Waals surface area contributed by atoms with Gasteiger partial charge in [0.15, 0.2) is 6.17 Å². The Labute approximate surface area is 52.8 Å². The Kier molecular flexibility index (Phi) is 1.39. The summed E-state index contributed by atoms with van der Waals surface area (Å²) in [6.45, 7) is 0. The molecule has 1 fully saturated rings. The van der Waals surface area contributed by atoms with Gasteiger partial charge in [0.25, 0.3) is 0 Å². The van der Waals surface area contributed by atoms with Crippen LogP contribution in [0.2, 0.25) is 0 Å². The molecule has 1 saturated heterocycles. The van der Waals surface area contributed by atoms with Crippen LogP contribution in [-0.4, -0.2) is 18.4 Å². The summed E-state index contributed by atoms with van der Waals surface area (Å²) < 4.78 is 61.7. The molecule has 0 spiro atoms. The van der Waals surface area contributed by atoms with Crippen LogP contribution >= 0.6 is 0 Å². The molecule has 1 nitrogen and oxygen atoms in total. The van der Waals surface area contributed by atoms with Gasteiger partial charge in [-0.1, -0.05) is 0 Å². The van der Waals surface area contributed by atoms with Crippen LogP contribution in [0.25, 0.3) is 0 Å². The number of ether oxygens (including phenoxy) is 1. The minimum atomic E-state index is -4.33. The van der Waals surface area contributed by atoms with E-state index in [1.54, 1.807) is 0 Å². The average molecular weight is 162 g/mol. The van der Waals surface area contributed by atoms with Crippen LogP contribution in [0.15, 0.2) is 0 Å². The number of halogens is 5. The predicted molar refractivity (Wildman–Crippen MR) is 20.5 cm³/mol. The molecule has 0 saturated carbocycles. The quantitative estimate of drug-likeness (QED) is 0.494. The maximum atomic E-state index is 11.8. The lowest BCUT2D eigenvalue weighted by Crippen LogP contribution is -2.26. The van der Waals surface area contributed by atoms with E-state index in [1.807, 2.05) is 0 Å². The molecule has 1 rings (SSSR count). The monoisotopic (exact) mass is 162 g/mol. The van der Waals surface area contributed by atoms with Crippen LogP contribution in [0.1, 0.15) is 6.42 Å². The van der Waals surface area contributed by atoms with E-state index >= 15 is 0 Å². The number of rotatable bonds is 0. The summed E-state index contributed by atoms with van der Waals surface area (Å²) in [7, 11) is 0. The van der Waals surface area contributed by atoms with E-state index in [0.29, 0.717) is 0 Å². The highest BCUT2D eigenvalue weighted by Crippen LogP contribution is 2.43. The van der Waals surface area contributed by atoms with E-state index in [9.17, 15) is 22.0 Å². The topological polar surface area (TPSA) is 9.23 Å². The first-order valence-electron chi connectivity index (χ1n) is 2.43. The van der Waals surface area contributed by atoms with E-state index in [1.165, 1.54) is 0 Å². The maximum Gasteiger partial charge on any atom is 0.391 e. The zero-order valence-corrected chi connectivity index (χ0v) is 4.58. The fourth-order valence-electron chi connectivity index (χ4n) is 0.632. The van der Waals surface area contributed by atoms with Gasteiger partial charge in [-0.2, -0.15) is 17.6 Å². The van der Waals surface area contributed by atoms with E-state index in [4.69, 9.17) is 0 Å². The normalized spacial score (nSPS) is 36.3. The Morgan fingerprint density at radius 3 is 1.80 bits per heavy atom. The largest absolute Gasteiger partial charge is 0.391 e. The molecule has 1 unspecified atom stereocenters. The molecule has 60 valence electrons. The summed E-state index contributed by atoms with van der Waals surface area (Å²) in [6, 6.07) is 0. The van der Waals surface area contributed by atoms with E-state index in [2.05, 4.69) is 4.74 Å². The smallest absolute Gasteiger partial charge is 0.253 e. The number of hydrogen-bond acceptors (Lipinski definition) is 1. The first-order chi connectivity index (χ1) is 4.33. The molecule has 1 aliphatic rings. The lowest BCUT2D eigenvalue weighted by molar-refractivity contribution is -0.336. The maximum absolute atomic E-state index is 11.8. The Bertz CT molecular complexity index is 145. The summed E-state index contributed by atoms with van der Waals surface area (Å²) in [5.41, 5.74) is 0. The van der Waals surface area contributed by atoms with Crippen LogP contribution in [0.3, 0.4) is 0 Å². The minimum absolute atomic E-state index is 1.57. The lowest BCUT2D eigenvalue weighted by Gasteiger charge is -2.10. The number of alkyl halides is 5. The SMILES string of the molecule is FC1CC(F)(F)OC1(F)F. The second-order valence-corrected chi connectivity index (χ2v) is 1.97. The van der Waals surface area contributed by atoms with Gasteiger partial charge in [0.05, 0.1) is 6.42 Å². The molecule has 0 N–H and O–H groups in total. The van der Waals surface area contributed by atoms with Crippen LogP contribution in [0.5, 0.6) is 0 Å². The highest BCUT2D eigenvalue weighted by atomic mass is 19.3. The summed E-state index contributed by atoms with van der Waals surface area (Å²) in [6.07, 6.45) is -12.8. The molecule has 0 aromatic rings. The van der Waals surface area contributed by atoms with Gasteiger partial charge < -0.3 is 0 Å². The molecule has 0 amide bonds. The zero-order chi connectivity index (χ0) is 7.99. The van der Waals surface area contributed by atoms with Crippen LogP contribution in [0.4, 0.5) is 22.0 Å². The summed E-state index contributed by atoms with van der Waals surface area (Å²) in [5, 5.41) is 0. The third kappa shape index (κ3) is 1.21. The summed E-state index contributed by atoms with van der Waals surface area (Å²) in [5.74, 6) is 0. The van der Waals surface area contributed by atoms with Crippen molar-refractivity contribution in [3.8, 4) is 0 Å². The number of hydrogen-bond donors (Lipinski definition) is 0. The van der Waals surface area contributed by atoms with Crippen molar-refractivity contribution in [3.63, 3.8) is 0 Å². The van der Waals surface area contributed by atoms with Gasteiger partial charge in [0.2, 0.25) is 0 Å². The van der Waals surface area contributed by atoms with Gasteiger partial charge in [-0.05, 0) is 0 Å². The van der Waals surface area contributed by atoms with Crippen molar-refractivity contribution >= 4 is 0 Å². The van der Waals surface area contributed by atoms with Crippen molar-refractivity contribution in [2.45, 2.75) is 24.8 Å². The van der Waals surface area contributed by atoms with Gasteiger partial charge in [-0.3, -0.25) is 4.74 Å². The van der Waals surface area contributed by atoms with Crippen molar-refractivity contribution in [1.29, 1.82) is 0 Å². The first kappa shape index (κ1) is 7.71. The summed E-state index contributed by atoms with van der Waals surface area (Å²) >= 11 is 0. The predicted octanol–water partition coefficient (Wildman–Crippen LogP) is 1.93. The standard InChI is InChI=1S/C4H3F5O/c5-2-1-3(6,7)10-4(2,8)9/h2H,1H2. The fraction of sp³-hybridized carbons (Fsp3) is 1.00. The molecule has 0 aromatic carbocycles. The Morgan fingerprint density at radius 2 is 1.70 bits per heavy atom. The zero-order valence-electron chi connectivity index (χ0n) is 4.58. The van der Waals surface area contributed by atoms with Crippen LogP contribution < -0.4 is 0 Å². The lowest BCUT2D eigenvalue weighted by atomic mass is 10.3. The Morgan fingerprint density at radius 1 is 1.20 bits per heavy atom. The van der Waals surface area contributed by atoms with Crippen molar-refractivity contribution < 1.29 is 26.7 Å². The molecule has 1 aliphatic heterocycles. The van der Waals surface area contributed by atoms with Crippen molar-refractivity contribution in [2.75, 3.05) is 0 Å². The van der Waals surface area contributed by atoms with Crippen molar-refractivity contribution in [3.05, 3.63) is 0 Å². The molecule has 0 aliphatic carbocycles. The third-order valence-corrected chi connectivity index (χ3v) is 1.07. The van der Waals surface area contributed by atoms with Crippen molar-refractivity contribution in [2.24, 2.45) is 0 Å². The first-order valence-corrected chi connectivity index (χ1v) is 2.43. The molecule has 0 bridgehead atoms. The second-order valence-electron chi connectivity index (χ2n) is 1.97. The van der Waals surface area contributed by atoms with Gasteiger partial charge in [-0.25, -0.2) is 4.39 Å². The van der Waals surface area contributed by atoms with Crippen LogP contribution in [0, 0.1) is 0 Å². The second kappa shape index (κ2) is 1.81. The van der Waals surface area contributed by atoms with Crippen molar-refractivity contribution in [1.82, 2.24) is 0 Å². The molecular weight excluding hydrogens is 159 g/mol. The molecular formula is C4H3F5O. The summed E-state index contributed by atoms with van der Waals surface area (Å²) in [4.78, 5) is 0. The third-order valence-electron chi connectivity index (χ3n) is 1.07. The Hall–Kier alpha value is -0.390. The highest BCUT2D eigenvalue weighted by Gasteiger charge is 2.60. The van der Waals surface area contributed by atoms with E-state index < -0.39 is 24.8 Å². The van der Waals surface area contributed by atoms with Gasteiger partial charge in [0.1, 0.15) is 0 Å². The Balaban J connectivity index is 2.71. The molecule has 0 aromatic heterocycles. The van der Waals surface area contributed by atoms with Gasteiger partial charge >= 0.3 is 12.2 Å². The van der Waals surface area contributed by atoms with E-state index in [-0.39, 0.29) is 0 Å². The highest BCUT2D eigenvalue weighted by molar-refractivity contribution is 4.80. The molecule has 10 heavy (non-hydrogen) atoms. The van der Waals surface area contributed by atoms with Gasteiger partial charge in [-0.15, -0.1) is 0 Å². The molecule has 1 atom stereocenters.